The van der Waals surface area contributed by atoms with Crippen molar-refractivity contribution in [3.63, 3.8) is 0 Å². The molecule has 0 aliphatic carbocycles. The highest BCUT2D eigenvalue weighted by molar-refractivity contribution is 8.13. The van der Waals surface area contributed by atoms with Crippen LogP contribution in [0.15, 0.2) is 23.1 Å². The molecule has 0 radical (unpaired) electrons. The van der Waals surface area contributed by atoms with Crippen molar-refractivity contribution in [2.24, 2.45) is 0 Å². The van der Waals surface area contributed by atoms with Gasteiger partial charge in [-0.05, 0) is 36.9 Å². The number of nitrogens with one attached hydrogen (secondary N) is 2. The molecule has 1 heterocycles. The van der Waals surface area contributed by atoms with Crippen LogP contribution in [0, 0.1) is 0 Å². The van der Waals surface area contributed by atoms with Gasteiger partial charge in [-0.15, -0.1) is 0 Å². The molecular weight excluding hydrogens is 338 g/mol. The van der Waals surface area contributed by atoms with E-state index in [1.54, 1.807) is 25.1 Å². The second-order valence-corrected chi connectivity index (χ2v) is 6.32. The molecule has 1 aromatic rings. The lowest BCUT2D eigenvalue weighted by Crippen LogP contribution is -2.48. The minimum absolute atomic E-state index is 0.0264. The molecule has 0 saturated carbocycles. The third-order valence-electron chi connectivity index (χ3n) is 3.30. The van der Waals surface area contributed by atoms with E-state index >= 15 is 0 Å². The maximum atomic E-state index is 12.2. The van der Waals surface area contributed by atoms with Crippen LogP contribution in [0.2, 0.25) is 5.02 Å². The summed E-state index contributed by atoms with van der Waals surface area (Å²) in [6.07, 6.45) is 0. The van der Waals surface area contributed by atoms with Crippen LogP contribution < -0.4 is 10.6 Å². The Morgan fingerprint density at radius 1 is 1.39 bits per heavy atom. The Morgan fingerprint density at radius 3 is 2.83 bits per heavy atom. The monoisotopic (exact) mass is 357 g/mol. The van der Waals surface area contributed by atoms with E-state index in [-0.39, 0.29) is 17.8 Å². The van der Waals surface area contributed by atoms with Gasteiger partial charge in [0.2, 0.25) is 5.91 Å². The van der Waals surface area contributed by atoms with E-state index in [2.05, 4.69) is 10.6 Å². The SMILES string of the molecule is CCOC(=O)Sc1ccc(Cl)cc1NCC(=O)N1CCNCC1. The van der Waals surface area contributed by atoms with Gasteiger partial charge in [0, 0.05) is 36.1 Å². The number of benzene rings is 1. The molecule has 1 aromatic carbocycles. The zero-order chi connectivity index (χ0) is 16.7. The first kappa shape index (κ1) is 17.9. The van der Waals surface area contributed by atoms with E-state index in [0.717, 1.165) is 24.9 Å². The van der Waals surface area contributed by atoms with Gasteiger partial charge in [0.15, 0.2) is 0 Å². The molecule has 6 nitrogen and oxygen atoms in total. The minimum atomic E-state index is -0.383. The average Bonchev–Trinajstić information content (AvgIpc) is 2.55. The highest BCUT2D eigenvalue weighted by Crippen LogP contribution is 2.31. The van der Waals surface area contributed by atoms with Crippen LogP contribution in [0.25, 0.3) is 0 Å². The Hall–Kier alpha value is -1.44. The normalized spacial score (nSPS) is 14.4. The van der Waals surface area contributed by atoms with Gasteiger partial charge in [0.1, 0.15) is 0 Å². The van der Waals surface area contributed by atoms with Gasteiger partial charge in [-0.3, -0.25) is 4.79 Å². The van der Waals surface area contributed by atoms with Gasteiger partial charge in [-0.1, -0.05) is 11.6 Å². The summed E-state index contributed by atoms with van der Waals surface area (Å²) in [7, 11) is 0. The lowest BCUT2D eigenvalue weighted by atomic mass is 10.3. The Labute approximate surface area is 144 Å². The lowest BCUT2D eigenvalue weighted by molar-refractivity contribution is -0.129. The summed E-state index contributed by atoms with van der Waals surface area (Å²) < 4.78 is 4.93. The summed E-state index contributed by atoms with van der Waals surface area (Å²) in [5.74, 6) is 0.0264. The number of piperazine rings is 1. The van der Waals surface area contributed by atoms with Crippen molar-refractivity contribution in [2.45, 2.75) is 11.8 Å². The maximum absolute atomic E-state index is 12.2. The molecule has 0 unspecified atom stereocenters. The maximum Gasteiger partial charge on any atom is 0.372 e. The smallest absolute Gasteiger partial charge is 0.372 e. The predicted molar refractivity (Wildman–Crippen MR) is 92.3 cm³/mol. The number of hydrogen-bond donors (Lipinski definition) is 2. The average molecular weight is 358 g/mol. The number of nitrogens with zero attached hydrogens (tertiary/aromatic N) is 1. The third-order valence-corrected chi connectivity index (χ3v) is 4.39. The number of anilines is 1. The number of amides is 1. The van der Waals surface area contributed by atoms with Crippen molar-refractivity contribution >= 4 is 40.3 Å². The first-order valence-corrected chi connectivity index (χ1v) is 8.66. The molecule has 2 rings (SSSR count). The van der Waals surface area contributed by atoms with Gasteiger partial charge < -0.3 is 20.3 Å². The van der Waals surface area contributed by atoms with E-state index in [0.29, 0.717) is 35.3 Å². The number of hydrogen-bond acceptors (Lipinski definition) is 6. The van der Waals surface area contributed by atoms with Crippen LogP contribution in [-0.4, -0.2) is 55.4 Å². The van der Waals surface area contributed by atoms with Crippen molar-refractivity contribution in [1.29, 1.82) is 0 Å². The molecular formula is C15H20ClN3O3S. The molecule has 1 amide bonds. The van der Waals surface area contributed by atoms with Gasteiger partial charge in [-0.2, -0.15) is 0 Å². The highest BCUT2D eigenvalue weighted by Gasteiger charge is 2.17. The summed E-state index contributed by atoms with van der Waals surface area (Å²) in [5, 5.41) is 6.44. The molecule has 23 heavy (non-hydrogen) atoms. The number of carbonyl (C=O) groups excluding carboxylic acids is 2. The Balaban J connectivity index is 1.98. The number of ether oxygens (including phenoxy) is 1. The molecule has 0 bridgehead atoms. The van der Waals surface area contributed by atoms with E-state index < -0.39 is 0 Å². The van der Waals surface area contributed by atoms with E-state index in [1.165, 1.54) is 0 Å². The first-order chi connectivity index (χ1) is 11.1. The third kappa shape index (κ3) is 5.60. The summed E-state index contributed by atoms with van der Waals surface area (Å²) in [6.45, 7) is 5.28. The number of rotatable bonds is 5. The molecule has 8 heteroatoms. The van der Waals surface area contributed by atoms with Crippen LogP contribution in [0.3, 0.4) is 0 Å². The number of thioether (sulfide) groups is 1. The topological polar surface area (TPSA) is 70.7 Å². The summed E-state index contributed by atoms with van der Waals surface area (Å²) in [4.78, 5) is 26.3. The molecule has 0 spiro atoms. The van der Waals surface area contributed by atoms with Crippen LogP contribution in [0.1, 0.15) is 6.92 Å². The zero-order valence-electron chi connectivity index (χ0n) is 12.9. The van der Waals surface area contributed by atoms with E-state index in [9.17, 15) is 9.59 Å². The van der Waals surface area contributed by atoms with E-state index in [1.807, 2.05) is 4.90 Å². The fourth-order valence-electron chi connectivity index (χ4n) is 2.16. The Kier molecular flexibility index (Phi) is 7.01. The van der Waals surface area contributed by atoms with Crippen molar-refractivity contribution < 1.29 is 14.3 Å². The molecule has 1 aliphatic heterocycles. The standard InChI is InChI=1S/C15H20ClN3O3S/c1-2-22-15(21)23-13-4-3-11(16)9-12(13)18-10-14(20)19-7-5-17-6-8-19/h3-4,9,17-18H,2,5-8,10H2,1H3. The fourth-order valence-corrected chi connectivity index (χ4v) is 3.07. The first-order valence-electron chi connectivity index (χ1n) is 7.46. The van der Waals surface area contributed by atoms with Crippen LogP contribution in [-0.2, 0) is 9.53 Å². The molecule has 1 saturated heterocycles. The van der Waals surface area contributed by atoms with Crippen molar-refractivity contribution in [2.75, 3.05) is 44.6 Å². The minimum Gasteiger partial charge on any atom is -0.458 e. The zero-order valence-corrected chi connectivity index (χ0v) is 14.5. The van der Waals surface area contributed by atoms with Gasteiger partial charge in [0.25, 0.3) is 0 Å². The molecule has 126 valence electrons. The Bertz CT molecular complexity index is 565. The van der Waals surface area contributed by atoms with Crippen LogP contribution >= 0.6 is 23.4 Å². The molecule has 2 N–H and O–H groups in total. The number of halogens is 1. The summed E-state index contributed by atoms with van der Waals surface area (Å²) in [5.41, 5.74) is 0.652. The van der Waals surface area contributed by atoms with Crippen LogP contribution in [0.4, 0.5) is 10.5 Å². The number of carbonyl (C=O) groups is 2. The molecule has 1 fully saturated rings. The molecule has 1 aliphatic rings. The molecule has 0 aromatic heterocycles. The molecule has 0 atom stereocenters. The largest absolute Gasteiger partial charge is 0.458 e. The van der Waals surface area contributed by atoms with Crippen LogP contribution in [0.5, 0.6) is 0 Å². The second kappa shape index (κ2) is 9.00. The predicted octanol–water partition coefficient (Wildman–Crippen LogP) is 2.43. The van der Waals surface area contributed by atoms with Gasteiger partial charge in [-0.25, -0.2) is 4.79 Å². The van der Waals surface area contributed by atoms with Crippen molar-refractivity contribution in [3.8, 4) is 0 Å². The van der Waals surface area contributed by atoms with E-state index in [4.69, 9.17) is 16.3 Å². The summed E-state index contributed by atoms with van der Waals surface area (Å²) >= 11 is 6.98. The van der Waals surface area contributed by atoms with Gasteiger partial charge >= 0.3 is 5.30 Å². The second-order valence-electron chi connectivity index (χ2n) is 4.91. The highest BCUT2D eigenvalue weighted by atomic mass is 35.5. The van der Waals surface area contributed by atoms with Crippen molar-refractivity contribution in [1.82, 2.24) is 10.2 Å². The quantitative estimate of drug-likeness (QED) is 0.623. The summed E-state index contributed by atoms with van der Waals surface area (Å²) in [6, 6.07) is 5.14. The fraction of sp³-hybridized carbons (Fsp3) is 0.467. The Morgan fingerprint density at radius 2 is 2.13 bits per heavy atom. The lowest BCUT2D eigenvalue weighted by Gasteiger charge is -2.27. The van der Waals surface area contributed by atoms with Crippen molar-refractivity contribution in [3.05, 3.63) is 23.2 Å². The van der Waals surface area contributed by atoms with Gasteiger partial charge in [0.05, 0.1) is 18.8 Å².